The summed E-state index contributed by atoms with van der Waals surface area (Å²) in [6, 6.07) is 11.6. The van der Waals surface area contributed by atoms with Crippen LogP contribution in [0, 0.1) is 5.92 Å². The molecule has 56 heavy (non-hydrogen) atoms. The van der Waals surface area contributed by atoms with E-state index in [0.717, 1.165) is 23.1 Å². The third-order valence-electron chi connectivity index (χ3n) is 8.56. The van der Waals surface area contributed by atoms with Crippen molar-refractivity contribution >= 4 is 47.5 Å². The Morgan fingerprint density at radius 1 is 0.821 bits per heavy atom. The Morgan fingerprint density at radius 3 is 2.16 bits per heavy atom. The summed E-state index contributed by atoms with van der Waals surface area (Å²) in [5.41, 5.74) is 8.23. The first-order chi connectivity index (χ1) is 26.5. The lowest BCUT2D eigenvalue weighted by atomic mass is 9.84. The number of rotatable bonds is 23. The van der Waals surface area contributed by atoms with Crippen molar-refractivity contribution in [3.63, 3.8) is 0 Å². The summed E-state index contributed by atoms with van der Waals surface area (Å²) in [7, 11) is 1.34. The quantitative estimate of drug-likeness (QED) is 0.0619. The first-order valence-corrected chi connectivity index (χ1v) is 20.4. The second kappa shape index (κ2) is 24.8. The predicted octanol–water partition coefficient (Wildman–Crippen LogP) is 3.96. The lowest BCUT2D eigenvalue weighted by Gasteiger charge is -2.24. The third-order valence-corrected chi connectivity index (χ3v) is 9.20. The van der Waals surface area contributed by atoms with Gasteiger partial charge in [0.25, 0.3) is 0 Å². The minimum Gasteiger partial charge on any atom is -0.469 e. The highest BCUT2D eigenvalue weighted by molar-refractivity contribution is 7.98. The number of hydrogen-bond donors (Lipinski definition) is 5. The van der Waals surface area contributed by atoms with Crippen LogP contribution in [-0.4, -0.2) is 92.7 Å². The molecule has 2 aromatic rings. The Balaban J connectivity index is 2.03. The van der Waals surface area contributed by atoms with Gasteiger partial charge in [-0.3, -0.25) is 24.0 Å². The van der Waals surface area contributed by atoms with E-state index in [1.807, 2.05) is 77.3 Å². The van der Waals surface area contributed by atoms with Gasteiger partial charge in [-0.15, -0.1) is 0 Å². The molecule has 0 radical (unpaired) electrons. The van der Waals surface area contributed by atoms with Crippen LogP contribution in [0.25, 0.3) is 0 Å². The third kappa shape index (κ3) is 18.3. The number of esters is 1. The van der Waals surface area contributed by atoms with Gasteiger partial charge in [0.1, 0.15) is 17.8 Å². The van der Waals surface area contributed by atoms with Crippen LogP contribution in [0.5, 0.6) is 5.75 Å². The number of unbranched alkanes of at least 4 members (excludes halogenated alkanes) is 2. The molecule has 0 bridgehead atoms. The van der Waals surface area contributed by atoms with Gasteiger partial charge in [-0.05, 0) is 66.2 Å². The second-order valence-electron chi connectivity index (χ2n) is 15.0. The number of amides is 4. The van der Waals surface area contributed by atoms with Crippen LogP contribution in [0.15, 0.2) is 48.5 Å². The Hall–Kier alpha value is -4.63. The van der Waals surface area contributed by atoms with Crippen molar-refractivity contribution in [1.29, 1.82) is 0 Å². The maximum Gasteiger partial charge on any atom is 0.513 e. The molecule has 2 rings (SSSR count). The SMILES string of the molecule is COC(=O)CCCCCNC(=O)[C@H](Cc1ccccc1)NC(=O)CNC(=O)[C@@H](CCSC)NC(=O)[C@@H](N)Cc1ccc(OC(=O)OCC(C)C)c(C(C)(C)C)c1. The van der Waals surface area contributed by atoms with Crippen molar-refractivity contribution in [1.82, 2.24) is 21.3 Å². The predicted molar refractivity (Wildman–Crippen MR) is 217 cm³/mol. The van der Waals surface area contributed by atoms with Crippen LogP contribution in [0.3, 0.4) is 0 Å². The van der Waals surface area contributed by atoms with E-state index in [4.69, 9.17) is 15.2 Å². The van der Waals surface area contributed by atoms with Crippen molar-refractivity contribution in [3.8, 4) is 5.75 Å². The number of methoxy groups -OCH3 is 1. The molecule has 14 nitrogen and oxygen atoms in total. The fourth-order valence-corrected chi connectivity index (χ4v) is 5.94. The summed E-state index contributed by atoms with van der Waals surface area (Å²) >= 11 is 1.50. The van der Waals surface area contributed by atoms with E-state index in [0.29, 0.717) is 43.7 Å². The van der Waals surface area contributed by atoms with E-state index in [-0.39, 0.29) is 37.2 Å². The molecule has 0 heterocycles. The standard InChI is InChI=1S/C41H61N5O9S/c1-27(2)26-54-40(52)55-34-18-17-29(22-30(34)41(3,4)5)23-31(42)37(49)46-32(19-21-56-7)38(50)44-25-35(47)45-33(24-28-14-10-8-11-15-28)39(51)43-20-13-9-12-16-36(48)53-6/h8,10-11,14-15,17-18,22,27,31-33H,9,12-13,16,19-21,23-26,42H2,1-7H3,(H,43,51)(H,44,50)(H,45,47)(H,46,49)/t31-,32+,33-/m0/s1. The molecule has 0 saturated heterocycles. The van der Waals surface area contributed by atoms with Gasteiger partial charge >= 0.3 is 12.1 Å². The highest BCUT2D eigenvalue weighted by Gasteiger charge is 2.27. The second-order valence-corrected chi connectivity index (χ2v) is 16.0. The smallest absolute Gasteiger partial charge is 0.469 e. The number of thioether (sulfide) groups is 1. The first-order valence-electron chi connectivity index (χ1n) is 19.0. The molecule has 3 atom stereocenters. The molecule has 0 aromatic heterocycles. The monoisotopic (exact) mass is 799 g/mol. The van der Waals surface area contributed by atoms with Gasteiger partial charge in [0.15, 0.2) is 0 Å². The molecule has 0 aliphatic carbocycles. The number of nitrogens with two attached hydrogens (primary N) is 1. The van der Waals surface area contributed by atoms with Crippen LogP contribution in [-0.2, 0) is 51.7 Å². The molecular weight excluding hydrogens is 739 g/mol. The van der Waals surface area contributed by atoms with E-state index in [2.05, 4.69) is 26.0 Å². The summed E-state index contributed by atoms with van der Waals surface area (Å²) in [4.78, 5) is 76.5. The number of carbonyl (C=O) groups excluding carboxylic acids is 6. The van der Waals surface area contributed by atoms with Crippen LogP contribution in [0.1, 0.15) is 83.4 Å². The number of hydrogen-bond acceptors (Lipinski definition) is 11. The fourth-order valence-electron chi connectivity index (χ4n) is 5.47. The molecular formula is C41H61N5O9S. The van der Waals surface area contributed by atoms with Crippen molar-refractivity contribution < 1.29 is 43.0 Å². The van der Waals surface area contributed by atoms with E-state index < -0.39 is 54.0 Å². The molecule has 2 aromatic carbocycles. The summed E-state index contributed by atoms with van der Waals surface area (Å²) in [5.74, 6) is -1.28. The summed E-state index contributed by atoms with van der Waals surface area (Å²) in [6.07, 6.45) is 4.05. The fraction of sp³-hybridized carbons (Fsp3) is 0.561. The lowest BCUT2D eigenvalue weighted by Crippen LogP contribution is -2.54. The van der Waals surface area contributed by atoms with E-state index >= 15 is 0 Å². The number of nitrogens with one attached hydrogen (secondary N) is 4. The van der Waals surface area contributed by atoms with Crippen LogP contribution >= 0.6 is 11.8 Å². The Bertz CT molecular complexity index is 1580. The molecule has 6 N–H and O–H groups in total. The topological polar surface area (TPSA) is 204 Å². The normalized spacial score (nSPS) is 12.8. The molecule has 4 amide bonds. The van der Waals surface area contributed by atoms with Crippen LogP contribution < -0.4 is 31.7 Å². The van der Waals surface area contributed by atoms with Crippen molar-refractivity contribution in [2.45, 2.75) is 103 Å². The van der Waals surface area contributed by atoms with E-state index in [1.165, 1.54) is 18.9 Å². The molecule has 0 unspecified atom stereocenters. The molecule has 15 heteroatoms. The average molecular weight is 800 g/mol. The van der Waals surface area contributed by atoms with E-state index in [9.17, 15) is 28.8 Å². The molecule has 310 valence electrons. The van der Waals surface area contributed by atoms with Gasteiger partial charge < -0.3 is 41.2 Å². The Kier molecular flexibility index (Phi) is 21.0. The molecule has 0 spiro atoms. The van der Waals surface area contributed by atoms with E-state index in [1.54, 1.807) is 12.1 Å². The van der Waals surface area contributed by atoms with Crippen LogP contribution in [0.4, 0.5) is 4.79 Å². The minimum atomic E-state index is -1.01. The van der Waals surface area contributed by atoms with Gasteiger partial charge in [0, 0.05) is 24.9 Å². The maximum absolute atomic E-state index is 13.3. The molecule has 0 aliphatic heterocycles. The van der Waals surface area contributed by atoms with Gasteiger partial charge in [0.2, 0.25) is 23.6 Å². The molecule has 0 aliphatic rings. The largest absolute Gasteiger partial charge is 0.513 e. The van der Waals surface area contributed by atoms with Gasteiger partial charge in [-0.25, -0.2) is 4.79 Å². The minimum absolute atomic E-state index is 0.143. The van der Waals surface area contributed by atoms with Crippen molar-refractivity contribution in [3.05, 3.63) is 65.2 Å². The zero-order valence-electron chi connectivity index (χ0n) is 33.9. The molecule has 0 fully saturated rings. The molecule has 0 saturated carbocycles. The number of carbonyl (C=O) groups is 6. The highest BCUT2D eigenvalue weighted by atomic mass is 32.2. The lowest BCUT2D eigenvalue weighted by molar-refractivity contribution is -0.140. The zero-order chi connectivity index (χ0) is 41.7. The zero-order valence-corrected chi connectivity index (χ0v) is 34.7. The first kappa shape index (κ1) is 47.5. The number of ether oxygens (including phenoxy) is 3. The maximum atomic E-state index is 13.3. The Labute approximate surface area is 335 Å². The summed E-state index contributed by atoms with van der Waals surface area (Å²) in [5, 5.41) is 10.9. The van der Waals surface area contributed by atoms with Gasteiger partial charge in [-0.2, -0.15) is 11.8 Å². The van der Waals surface area contributed by atoms with Gasteiger partial charge in [-0.1, -0.05) is 83.5 Å². The Morgan fingerprint density at radius 2 is 1.52 bits per heavy atom. The highest BCUT2D eigenvalue weighted by Crippen LogP contribution is 2.33. The van der Waals surface area contributed by atoms with Crippen molar-refractivity contribution in [2.75, 3.05) is 38.8 Å². The summed E-state index contributed by atoms with van der Waals surface area (Å²) in [6.45, 7) is 9.94. The average Bonchev–Trinajstić information content (AvgIpc) is 3.15. The van der Waals surface area contributed by atoms with Crippen molar-refractivity contribution in [2.24, 2.45) is 11.7 Å². The van der Waals surface area contributed by atoms with Gasteiger partial charge in [0.05, 0.1) is 26.3 Å². The number of benzene rings is 2. The van der Waals surface area contributed by atoms with Crippen LogP contribution in [0.2, 0.25) is 0 Å². The summed E-state index contributed by atoms with van der Waals surface area (Å²) < 4.78 is 15.3.